The van der Waals surface area contributed by atoms with Crippen LogP contribution in [0.25, 0.3) is 5.65 Å². The monoisotopic (exact) mass is 354 g/mol. The number of hydrogen-bond donors (Lipinski definition) is 2. The summed E-state index contributed by atoms with van der Waals surface area (Å²) in [7, 11) is 0. The summed E-state index contributed by atoms with van der Waals surface area (Å²) < 4.78 is 7.64. The fraction of sp³-hybridized carbons (Fsp3) is 0.421. The van der Waals surface area contributed by atoms with Gasteiger partial charge in [0.1, 0.15) is 17.1 Å². The van der Waals surface area contributed by atoms with E-state index in [4.69, 9.17) is 4.74 Å². The minimum absolute atomic E-state index is 0.123. The maximum atomic E-state index is 5.71. The van der Waals surface area contributed by atoms with Crippen molar-refractivity contribution in [3.8, 4) is 5.75 Å². The van der Waals surface area contributed by atoms with Gasteiger partial charge in [0.2, 0.25) is 0 Å². The SMILES string of the molecule is C=NC(=N/C=C\CNC1CCNC1)c1cnc2cc(OC(C)C)ccn12. The molecule has 138 valence electrons. The van der Waals surface area contributed by atoms with Crippen LogP contribution in [0.2, 0.25) is 0 Å². The molecule has 1 unspecified atom stereocenters. The summed E-state index contributed by atoms with van der Waals surface area (Å²) >= 11 is 0. The van der Waals surface area contributed by atoms with Gasteiger partial charge in [0.15, 0.2) is 5.84 Å². The highest BCUT2D eigenvalue weighted by Gasteiger charge is 2.12. The fourth-order valence-electron chi connectivity index (χ4n) is 2.90. The number of pyridine rings is 1. The molecular formula is C19H26N6O. The average molecular weight is 354 g/mol. The second-order valence-corrected chi connectivity index (χ2v) is 6.49. The molecule has 1 atom stereocenters. The van der Waals surface area contributed by atoms with Crippen LogP contribution in [0.4, 0.5) is 0 Å². The summed E-state index contributed by atoms with van der Waals surface area (Å²) in [5, 5.41) is 6.80. The van der Waals surface area contributed by atoms with E-state index in [1.165, 1.54) is 6.42 Å². The average Bonchev–Trinajstić information content (AvgIpc) is 3.27. The maximum absolute atomic E-state index is 5.71. The van der Waals surface area contributed by atoms with Crippen LogP contribution in [-0.2, 0) is 0 Å². The Morgan fingerprint density at radius 1 is 1.58 bits per heavy atom. The molecule has 7 heteroatoms. The number of rotatable bonds is 7. The van der Waals surface area contributed by atoms with E-state index in [0.717, 1.165) is 36.7 Å². The molecule has 0 aromatic carbocycles. The fourth-order valence-corrected chi connectivity index (χ4v) is 2.90. The molecule has 2 aromatic heterocycles. The van der Waals surface area contributed by atoms with Crippen molar-refractivity contribution in [3.05, 3.63) is 42.5 Å². The minimum Gasteiger partial charge on any atom is -0.491 e. The van der Waals surface area contributed by atoms with Gasteiger partial charge in [-0.1, -0.05) is 6.08 Å². The zero-order valence-electron chi connectivity index (χ0n) is 15.4. The predicted molar refractivity (Wildman–Crippen MR) is 105 cm³/mol. The van der Waals surface area contributed by atoms with E-state index in [2.05, 4.69) is 32.3 Å². The molecule has 26 heavy (non-hydrogen) atoms. The van der Waals surface area contributed by atoms with Gasteiger partial charge in [-0.15, -0.1) is 0 Å². The molecule has 2 N–H and O–H groups in total. The third-order valence-electron chi connectivity index (χ3n) is 4.12. The molecule has 0 radical (unpaired) electrons. The molecule has 3 heterocycles. The van der Waals surface area contributed by atoms with Gasteiger partial charge >= 0.3 is 0 Å². The summed E-state index contributed by atoms with van der Waals surface area (Å²) in [6, 6.07) is 4.36. The highest BCUT2D eigenvalue weighted by Crippen LogP contribution is 2.17. The third kappa shape index (κ3) is 4.56. The van der Waals surface area contributed by atoms with Crippen LogP contribution in [0.3, 0.4) is 0 Å². The topological polar surface area (TPSA) is 75.3 Å². The number of nitrogens with one attached hydrogen (secondary N) is 2. The zero-order chi connectivity index (χ0) is 18.4. The second-order valence-electron chi connectivity index (χ2n) is 6.49. The number of nitrogens with zero attached hydrogens (tertiary/aromatic N) is 4. The van der Waals surface area contributed by atoms with Crippen LogP contribution in [0.1, 0.15) is 26.0 Å². The van der Waals surface area contributed by atoms with Crippen molar-refractivity contribution in [2.24, 2.45) is 9.98 Å². The van der Waals surface area contributed by atoms with E-state index in [0.29, 0.717) is 11.9 Å². The van der Waals surface area contributed by atoms with Gasteiger partial charge in [0.05, 0.1) is 12.3 Å². The summed E-state index contributed by atoms with van der Waals surface area (Å²) in [5.41, 5.74) is 1.58. The number of aromatic nitrogens is 2. The number of amidine groups is 1. The maximum Gasteiger partial charge on any atom is 0.177 e. The zero-order valence-corrected chi connectivity index (χ0v) is 15.4. The molecule has 0 aliphatic carbocycles. The van der Waals surface area contributed by atoms with Crippen LogP contribution in [0.15, 0.2) is 46.8 Å². The molecule has 0 saturated carbocycles. The molecule has 0 amide bonds. The lowest BCUT2D eigenvalue weighted by atomic mass is 10.2. The van der Waals surface area contributed by atoms with Crippen LogP contribution in [0, 0.1) is 0 Å². The minimum atomic E-state index is 0.123. The normalized spacial score (nSPS) is 18.3. The molecule has 1 saturated heterocycles. The summed E-state index contributed by atoms with van der Waals surface area (Å²) in [6.07, 6.45) is 8.70. The summed E-state index contributed by atoms with van der Waals surface area (Å²) in [6.45, 7) is 10.5. The molecule has 7 nitrogen and oxygen atoms in total. The van der Waals surface area contributed by atoms with Crippen molar-refractivity contribution in [2.45, 2.75) is 32.4 Å². The number of imidazole rings is 1. The molecule has 1 aliphatic heterocycles. The summed E-state index contributed by atoms with van der Waals surface area (Å²) in [5.74, 6) is 1.33. The van der Waals surface area contributed by atoms with Gasteiger partial charge in [0, 0.05) is 37.6 Å². The van der Waals surface area contributed by atoms with Crippen molar-refractivity contribution < 1.29 is 4.74 Å². The first-order valence-corrected chi connectivity index (χ1v) is 8.95. The number of hydrogen-bond acceptors (Lipinski definition) is 5. The second kappa shape index (κ2) is 8.73. The lowest BCUT2D eigenvalue weighted by Crippen LogP contribution is -2.30. The number of fused-ring (bicyclic) bond motifs is 1. The molecular weight excluding hydrogens is 328 g/mol. The molecule has 0 spiro atoms. The molecule has 3 rings (SSSR count). The first kappa shape index (κ1) is 18.3. The van der Waals surface area contributed by atoms with E-state index in [1.54, 1.807) is 12.4 Å². The Hall–Kier alpha value is -2.51. The standard InChI is InChI=1S/C19H26N6O/c1-14(2)26-16-6-10-25-17(13-24-18(25)11-16)19(20-3)23-8-4-7-22-15-5-9-21-12-15/h4,6,8,10-11,13-15,21-22H,3,5,7,9,12H2,1-2H3/b8-4-,23-19?. The van der Waals surface area contributed by atoms with Gasteiger partial charge in [-0.05, 0) is 39.6 Å². The Labute approximate surface area is 153 Å². The first-order valence-electron chi connectivity index (χ1n) is 8.95. The van der Waals surface area contributed by atoms with Crippen LogP contribution in [0.5, 0.6) is 5.75 Å². The Kier molecular flexibility index (Phi) is 6.14. The van der Waals surface area contributed by atoms with E-state index in [-0.39, 0.29) is 6.10 Å². The Balaban J connectivity index is 1.69. The quantitative estimate of drug-likeness (QED) is 0.589. The molecule has 1 aliphatic rings. The van der Waals surface area contributed by atoms with Crippen LogP contribution >= 0.6 is 0 Å². The van der Waals surface area contributed by atoms with E-state index >= 15 is 0 Å². The van der Waals surface area contributed by atoms with Crippen LogP contribution < -0.4 is 15.4 Å². The highest BCUT2D eigenvalue weighted by atomic mass is 16.5. The Morgan fingerprint density at radius 3 is 3.19 bits per heavy atom. The van der Waals surface area contributed by atoms with E-state index in [1.807, 2.05) is 42.7 Å². The van der Waals surface area contributed by atoms with Gasteiger partial charge in [-0.2, -0.15) is 0 Å². The van der Waals surface area contributed by atoms with Crippen molar-refractivity contribution in [1.82, 2.24) is 20.0 Å². The molecule has 0 bridgehead atoms. The predicted octanol–water partition coefficient (Wildman–Crippen LogP) is 2.03. The van der Waals surface area contributed by atoms with Crippen LogP contribution in [-0.4, -0.2) is 53.7 Å². The van der Waals surface area contributed by atoms with Gasteiger partial charge in [-0.25, -0.2) is 15.0 Å². The Morgan fingerprint density at radius 2 is 2.46 bits per heavy atom. The third-order valence-corrected chi connectivity index (χ3v) is 4.12. The Bertz CT molecular complexity index is 801. The van der Waals surface area contributed by atoms with Crippen molar-refractivity contribution in [1.29, 1.82) is 0 Å². The highest BCUT2D eigenvalue weighted by molar-refractivity contribution is 6.00. The van der Waals surface area contributed by atoms with Crippen molar-refractivity contribution >= 4 is 18.2 Å². The first-order chi connectivity index (χ1) is 12.7. The molecule has 2 aromatic rings. The number of aliphatic imine (C=N–C) groups is 2. The largest absolute Gasteiger partial charge is 0.491 e. The summed E-state index contributed by atoms with van der Waals surface area (Å²) in [4.78, 5) is 12.9. The van der Waals surface area contributed by atoms with Gasteiger partial charge in [-0.3, -0.25) is 4.40 Å². The lowest BCUT2D eigenvalue weighted by molar-refractivity contribution is 0.242. The van der Waals surface area contributed by atoms with Crippen molar-refractivity contribution in [2.75, 3.05) is 19.6 Å². The molecule has 1 fully saturated rings. The van der Waals surface area contributed by atoms with Crippen molar-refractivity contribution in [3.63, 3.8) is 0 Å². The van der Waals surface area contributed by atoms with Gasteiger partial charge in [0.25, 0.3) is 0 Å². The lowest BCUT2D eigenvalue weighted by Gasteiger charge is -2.09. The number of ether oxygens (including phenoxy) is 1. The smallest absolute Gasteiger partial charge is 0.177 e. The van der Waals surface area contributed by atoms with Gasteiger partial charge < -0.3 is 15.4 Å². The van der Waals surface area contributed by atoms with E-state index < -0.39 is 0 Å². The van der Waals surface area contributed by atoms with E-state index in [9.17, 15) is 0 Å².